The smallest absolute Gasteiger partial charge is 0.434 e. The summed E-state index contributed by atoms with van der Waals surface area (Å²) < 4.78 is 8.20. The first kappa shape index (κ1) is 26.2. The number of pyridine rings is 1. The maximum atomic E-state index is 12.4. The van der Waals surface area contributed by atoms with Crippen molar-refractivity contribution in [1.82, 2.24) is 29.7 Å². The van der Waals surface area contributed by atoms with Crippen LogP contribution >= 0.6 is 11.6 Å². The second kappa shape index (κ2) is 11.6. The maximum absolute atomic E-state index is 12.4. The number of likely N-dealkylation sites (N-methyl/N-ethyl adjacent to an activating group) is 1. The zero-order chi connectivity index (χ0) is 26.6. The minimum atomic E-state index is -0.368. The van der Waals surface area contributed by atoms with Crippen LogP contribution in [-0.2, 0) is 24.4 Å². The van der Waals surface area contributed by atoms with Gasteiger partial charge in [0.25, 0.3) is 0 Å². The van der Waals surface area contributed by atoms with Gasteiger partial charge in [0, 0.05) is 53.6 Å². The van der Waals surface area contributed by atoms with E-state index in [1.165, 1.54) is 6.08 Å². The Hall–Kier alpha value is -3.39. The van der Waals surface area contributed by atoms with Crippen LogP contribution in [0.4, 0.5) is 5.82 Å². The number of likely N-dealkylation sites (tertiary alicyclic amines) is 1. The lowest BCUT2D eigenvalue weighted by atomic mass is 10.1. The molecule has 3 aliphatic heterocycles. The molecule has 0 aromatic carbocycles. The number of hydrogen-bond donors (Lipinski definition) is 0. The Labute approximate surface area is 227 Å². The molecule has 38 heavy (non-hydrogen) atoms. The summed E-state index contributed by atoms with van der Waals surface area (Å²) in [6, 6.07) is 4.34. The number of nitrogens with zero attached hydrogens (tertiary/aromatic N) is 8. The van der Waals surface area contributed by atoms with E-state index in [2.05, 4.69) is 34.5 Å². The number of carbonyl (C=O) groups excluding carboxylic acids is 1. The second-order valence-electron chi connectivity index (χ2n) is 9.96. The van der Waals surface area contributed by atoms with Gasteiger partial charge in [-0.15, -0.1) is 0 Å². The van der Waals surface area contributed by atoms with Crippen LogP contribution in [0.1, 0.15) is 36.1 Å². The first-order valence-electron chi connectivity index (χ1n) is 12.9. The van der Waals surface area contributed by atoms with Gasteiger partial charge >= 0.3 is 11.8 Å². The van der Waals surface area contributed by atoms with Gasteiger partial charge in [-0.2, -0.15) is 10.2 Å². The van der Waals surface area contributed by atoms with E-state index < -0.39 is 0 Å². The summed E-state index contributed by atoms with van der Waals surface area (Å²) in [5, 5.41) is 10.1. The van der Waals surface area contributed by atoms with Crippen LogP contribution in [0.25, 0.3) is 0 Å². The minimum Gasteiger partial charge on any atom is -0.443 e. The molecule has 0 saturated carbocycles. The number of nitriles is 1. The Bertz CT molecular complexity index is 1290. The van der Waals surface area contributed by atoms with Crippen molar-refractivity contribution in [2.24, 2.45) is 0 Å². The molecule has 1 fully saturated rings. The summed E-state index contributed by atoms with van der Waals surface area (Å²) in [6.07, 6.45) is 9.14. The highest BCUT2D eigenvalue weighted by atomic mass is 35.5. The molecule has 5 rings (SSSR count). The van der Waals surface area contributed by atoms with Gasteiger partial charge in [0.2, 0.25) is 5.91 Å². The third-order valence-electron chi connectivity index (χ3n) is 7.48. The van der Waals surface area contributed by atoms with Crippen molar-refractivity contribution in [2.45, 2.75) is 51.0 Å². The van der Waals surface area contributed by atoms with E-state index >= 15 is 0 Å². The van der Waals surface area contributed by atoms with Crippen LogP contribution in [0.2, 0.25) is 5.02 Å². The SMILES string of the molecule is C=CC(=O)N1CC[N+](c2nc(OC[C@@H]3CCCN3C)nc3c2CN(Cc2cnccc2Cl)C3)=C[C@@H]1CC#N. The average Bonchev–Trinajstić information content (AvgIpc) is 3.53. The number of amides is 1. The maximum Gasteiger partial charge on any atom is 0.434 e. The highest BCUT2D eigenvalue weighted by molar-refractivity contribution is 6.31. The van der Waals surface area contributed by atoms with Crippen molar-refractivity contribution in [3.8, 4) is 12.1 Å². The van der Waals surface area contributed by atoms with Crippen LogP contribution in [0.3, 0.4) is 0 Å². The van der Waals surface area contributed by atoms with Crippen molar-refractivity contribution >= 4 is 29.5 Å². The van der Waals surface area contributed by atoms with Gasteiger partial charge in [0.15, 0.2) is 0 Å². The molecule has 1 amide bonds. The summed E-state index contributed by atoms with van der Waals surface area (Å²) in [5.41, 5.74) is 2.89. The molecule has 0 aliphatic carbocycles. The molecule has 0 radical (unpaired) electrons. The monoisotopic (exact) mass is 535 g/mol. The second-order valence-corrected chi connectivity index (χ2v) is 10.4. The minimum absolute atomic E-state index is 0.182. The van der Waals surface area contributed by atoms with Gasteiger partial charge in [0.05, 0.1) is 42.5 Å². The van der Waals surface area contributed by atoms with Crippen molar-refractivity contribution < 1.29 is 14.1 Å². The fraction of sp³-hybridized carbons (Fsp3) is 0.481. The van der Waals surface area contributed by atoms with Crippen LogP contribution in [0.15, 0.2) is 31.1 Å². The lowest BCUT2D eigenvalue weighted by molar-refractivity contribution is -0.449. The molecule has 0 N–H and O–H groups in total. The first-order valence-corrected chi connectivity index (χ1v) is 13.3. The Kier molecular flexibility index (Phi) is 7.98. The highest BCUT2D eigenvalue weighted by Crippen LogP contribution is 2.33. The van der Waals surface area contributed by atoms with Gasteiger partial charge in [0.1, 0.15) is 13.2 Å². The van der Waals surface area contributed by atoms with E-state index in [0.717, 1.165) is 42.0 Å². The third-order valence-corrected chi connectivity index (χ3v) is 7.85. The normalized spacial score (nSPS) is 21.6. The van der Waals surface area contributed by atoms with Crippen molar-refractivity contribution in [3.05, 3.63) is 53.0 Å². The molecule has 11 heteroatoms. The number of rotatable bonds is 8. The third kappa shape index (κ3) is 5.55. The molecule has 5 heterocycles. The van der Waals surface area contributed by atoms with Crippen molar-refractivity contribution in [3.63, 3.8) is 0 Å². The number of ether oxygens (including phenoxy) is 1. The number of carbonyl (C=O) groups is 1. The van der Waals surface area contributed by atoms with Gasteiger partial charge in [-0.3, -0.25) is 14.7 Å². The molecule has 0 unspecified atom stereocenters. The van der Waals surface area contributed by atoms with Gasteiger partial charge < -0.3 is 14.5 Å². The summed E-state index contributed by atoms with van der Waals surface area (Å²) in [4.78, 5) is 32.5. The highest BCUT2D eigenvalue weighted by Gasteiger charge is 2.36. The molecule has 3 aliphatic rings. The molecule has 10 nitrogen and oxygen atoms in total. The molecule has 0 spiro atoms. The van der Waals surface area contributed by atoms with E-state index in [1.54, 1.807) is 23.4 Å². The van der Waals surface area contributed by atoms with Gasteiger partial charge in [-0.25, -0.2) is 4.58 Å². The number of halogens is 1. The molecule has 2 atom stereocenters. The van der Waals surface area contributed by atoms with Gasteiger partial charge in [-0.05, 0) is 38.6 Å². The number of aromatic nitrogens is 3. The largest absolute Gasteiger partial charge is 0.443 e. The number of hydrogen-bond acceptors (Lipinski definition) is 8. The van der Waals surface area contributed by atoms with E-state index in [9.17, 15) is 10.1 Å². The average molecular weight is 536 g/mol. The predicted molar refractivity (Wildman–Crippen MR) is 142 cm³/mol. The zero-order valence-corrected chi connectivity index (χ0v) is 22.3. The topological polar surface area (TPSA) is 101 Å². The fourth-order valence-corrected chi connectivity index (χ4v) is 5.55. The Balaban J connectivity index is 1.45. The molecule has 1 saturated heterocycles. The molecule has 2 aromatic rings. The van der Waals surface area contributed by atoms with Crippen LogP contribution in [0.5, 0.6) is 6.01 Å². The molecular weight excluding hydrogens is 504 g/mol. The fourth-order valence-electron chi connectivity index (χ4n) is 5.39. The lowest BCUT2D eigenvalue weighted by Gasteiger charge is -2.30. The summed E-state index contributed by atoms with van der Waals surface area (Å²) >= 11 is 6.41. The van der Waals surface area contributed by atoms with Crippen LogP contribution in [-0.4, -0.2) is 91.7 Å². The Morgan fingerprint density at radius 3 is 2.97 bits per heavy atom. The van der Waals surface area contributed by atoms with Gasteiger partial charge in [-0.1, -0.05) is 18.2 Å². The summed E-state index contributed by atoms with van der Waals surface area (Å²) in [7, 11) is 2.12. The summed E-state index contributed by atoms with van der Waals surface area (Å²) in [5.74, 6) is 0.580. The predicted octanol–water partition coefficient (Wildman–Crippen LogP) is 2.54. The molecule has 2 aromatic heterocycles. The zero-order valence-electron chi connectivity index (χ0n) is 21.6. The van der Waals surface area contributed by atoms with E-state index in [-0.39, 0.29) is 18.4 Å². The van der Waals surface area contributed by atoms with Crippen molar-refractivity contribution in [1.29, 1.82) is 5.26 Å². The Morgan fingerprint density at radius 2 is 2.24 bits per heavy atom. The molecule has 198 valence electrons. The van der Waals surface area contributed by atoms with Crippen molar-refractivity contribution in [2.75, 3.05) is 33.3 Å². The van der Waals surface area contributed by atoms with Crippen LogP contribution in [0, 0.1) is 11.3 Å². The molecule has 0 bridgehead atoms. The van der Waals surface area contributed by atoms with E-state index in [4.69, 9.17) is 26.3 Å². The lowest BCUT2D eigenvalue weighted by Crippen LogP contribution is -2.48. The first-order chi connectivity index (χ1) is 18.5. The summed E-state index contributed by atoms with van der Waals surface area (Å²) in [6.45, 7) is 8.13. The standard InChI is InChI=1S/C27H32ClN8O2/c1-3-25(37)36-12-11-35(15-20(36)6-8-29)26-22-16-34(14-19-13-30-9-7-23(19)28)17-24(22)31-27(32-26)38-18-21-5-4-10-33(21)2/h3,7,9,13,15,20-21H,1,4-6,10-12,14,16-18H2,2H3/q+1/t20-,21-/m0/s1. The van der Waals surface area contributed by atoms with E-state index in [1.807, 2.05) is 10.8 Å². The number of fused-ring (bicyclic) bond motifs is 1. The van der Waals surface area contributed by atoms with E-state index in [0.29, 0.717) is 56.4 Å². The van der Waals surface area contributed by atoms with Crippen LogP contribution < -0.4 is 4.74 Å². The quantitative estimate of drug-likeness (QED) is 0.375. The Morgan fingerprint density at radius 1 is 1.37 bits per heavy atom. The molecular formula is C27H32ClN8O2+.